The van der Waals surface area contributed by atoms with Crippen molar-refractivity contribution in [3.05, 3.63) is 91.9 Å². The molecule has 220 valence electrons. The fraction of sp³-hybridized carbons (Fsp3) is 0.310. The summed E-state index contributed by atoms with van der Waals surface area (Å²) in [6.45, 7) is 5.30. The van der Waals surface area contributed by atoms with E-state index in [9.17, 15) is 18.0 Å². The number of nitrogens with zero attached hydrogens (tertiary/aromatic N) is 2. The molecule has 0 aliphatic heterocycles. The van der Waals surface area contributed by atoms with Gasteiger partial charge >= 0.3 is 0 Å². The average molecular weight is 659 g/mol. The lowest BCUT2D eigenvalue weighted by atomic mass is 10.1. The van der Waals surface area contributed by atoms with E-state index in [1.165, 1.54) is 29.2 Å². The summed E-state index contributed by atoms with van der Waals surface area (Å²) in [5.74, 6) is -0.974. The number of carbonyl (C=O) groups is 2. The molecular weight excluding hydrogens is 628 g/mol. The molecular formula is C29H31Cl4N3O4S. The van der Waals surface area contributed by atoms with Crippen molar-refractivity contribution < 1.29 is 18.0 Å². The van der Waals surface area contributed by atoms with Crippen LogP contribution in [0.15, 0.2) is 65.6 Å². The molecule has 0 unspecified atom stereocenters. The molecule has 3 aromatic carbocycles. The Morgan fingerprint density at radius 3 is 2.20 bits per heavy atom. The monoisotopic (exact) mass is 657 g/mol. The van der Waals surface area contributed by atoms with E-state index in [1.54, 1.807) is 43.3 Å². The first kappa shape index (κ1) is 33.0. The van der Waals surface area contributed by atoms with Crippen molar-refractivity contribution in [3.63, 3.8) is 0 Å². The van der Waals surface area contributed by atoms with E-state index >= 15 is 0 Å². The molecule has 0 fully saturated rings. The smallest absolute Gasteiger partial charge is 0.264 e. The highest BCUT2D eigenvalue weighted by Gasteiger charge is 2.34. The molecule has 0 heterocycles. The molecule has 1 N–H and O–H groups in total. The van der Waals surface area contributed by atoms with Gasteiger partial charge in [0.05, 0.1) is 30.7 Å². The predicted molar refractivity (Wildman–Crippen MR) is 167 cm³/mol. The number of anilines is 1. The maximum Gasteiger partial charge on any atom is 0.264 e. The fourth-order valence-electron chi connectivity index (χ4n) is 4.16. The Bertz CT molecular complexity index is 1500. The Morgan fingerprint density at radius 1 is 0.902 bits per heavy atom. The van der Waals surface area contributed by atoms with Crippen molar-refractivity contribution in [2.45, 2.75) is 51.1 Å². The van der Waals surface area contributed by atoms with Gasteiger partial charge in [-0.1, -0.05) is 90.1 Å². The topological polar surface area (TPSA) is 86.8 Å². The van der Waals surface area contributed by atoms with Gasteiger partial charge in [-0.3, -0.25) is 13.9 Å². The molecule has 0 aliphatic carbocycles. The first-order valence-electron chi connectivity index (χ1n) is 12.9. The van der Waals surface area contributed by atoms with E-state index in [1.807, 2.05) is 13.8 Å². The van der Waals surface area contributed by atoms with Crippen LogP contribution in [-0.2, 0) is 26.2 Å². The Morgan fingerprint density at radius 2 is 1.59 bits per heavy atom. The Hall–Kier alpha value is -2.49. The van der Waals surface area contributed by atoms with Gasteiger partial charge in [0.1, 0.15) is 12.6 Å². The second-order valence-electron chi connectivity index (χ2n) is 9.38. The summed E-state index contributed by atoms with van der Waals surface area (Å²) in [5, 5.41) is 3.56. The van der Waals surface area contributed by atoms with Gasteiger partial charge in [-0.2, -0.15) is 0 Å². The summed E-state index contributed by atoms with van der Waals surface area (Å²) in [5.41, 5.74) is 1.51. The first-order chi connectivity index (χ1) is 19.4. The van der Waals surface area contributed by atoms with Gasteiger partial charge in [0.2, 0.25) is 11.8 Å². The van der Waals surface area contributed by atoms with Crippen LogP contribution in [0.1, 0.15) is 37.8 Å². The quantitative estimate of drug-likeness (QED) is 0.224. The van der Waals surface area contributed by atoms with E-state index < -0.39 is 28.5 Å². The van der Waals surface area contributed by atoms with Gasteiger partial charge in [-0.15, -0.1) is 0 Å². The van der Waals surface area contributed by atoms with Gasteiger partial charge in [-0.25, -0.2) is 8.42 Å². The molecule has 2 amide bonds. The van der Waals surface area contributed by atoms with Gasteiger partial charge in [0, 0.05) is 13.1 Å². The van der Waals surface area contributed by atoms with Crippen LogP contribution < -0.4 is 9.62 Å². The van der Waals surface area contributed by atoms with Crippen LogP contribution in [0.4, 0.5) is 5.69 Å². The Labute approximate surface area is 261 Å². The highest BCUT2D eigenvalue weighted by Crippen LogP contribution is 2.36. The van der Waals surface area contributed by atoms with E-state index in [-0.39, 0.29) is 44.5 Å². The normalized spacial score (nSPS) is 12.1. The lowest BCUT2D eigenvalue weighted by Gasteiger charge is -2.33. The number of aryl methyl sites for hydroxylation is 1. The average Bonchev–Trinajstić information content (AvgIpc) is 2.94. The molecule has 0 saturated carbocycles. The number of nitrogens with one attached hydrogen (secondary N) is 1. The van der Waals surface area contributed by atoms with Crippen molar-refractivity contribution >= 4 is 73.9 Å². The number of hydrogen-bond donors (Lipinski definition) is 1. The molecule has 7 nitrogen and oxygen atoms in total. The van der Waals surface area contributed by atoms with Crippen LogP contribution in [0.2, 0.25) is 20.1 Å². The zero-order valence-corrected chi connectivity index (χ0v) is 26.7. The van der Waals surface area contributed by atoms with Crippen molar-refractivity contribution in [3.8, 4) is 0 Å². The number of benzene rings is 3. The molecule has 0 aliphatic rings. The van der Waals surface area contributed by atoms with Crippen molar-refractivity contribution in [1.82, 2.24) is 10.2 Å². The van der Waals surface area contributed by atoms with E-state index in [0.29, 0.717) is 23.6 Å². The molecule has 12 heteroatoms. The third-order valence-electron chi connectivity index (χ3n) is 6.36. The van der Waals surface area contributed by atoms with Gasteiger partial charge in [0.15, 0.2) is 0 Å². The molecule has 41 heavy (non-hydrogen) atoms. The molecule has 1 atom stereocenters. The molecule has 0 radical (unpaired) electrons. The number of hydrogen-bond acceptors (Lipinski definition) is 4. The largest absolute Gasteiger partial charge is 0.354 e. The van der Waals surface area contributed by atoms with E-state index in [4.69, 9.17) is 46.4 Å². The number of halogens is 4. The van der Waals surface area contributed by atoms with Crippen molar-refractivity contribution in [1.29, 1.82) is 0 Å². The van der Waals surface area contributed by atoms with Gasteiger partial charge in [0.25, 0.3) is 10.0 Å². The molecule has 3 aromatic rings. The number of carbonyl (C=O) groups excluding carboxylic acids is 2. The zero-order chi connectivity index (χ0) is 30.3. The minimum atomic E-state index is -4.29. The molecule has 0 saturated heterocycles. The van der Waals surface area contributed by atoms with E-state index in [0.717, 1.165) is 9.87 Å². The molecule has 0 spiro atoms. The number of sulfonamides is 1. The third kappa shape index (κ3) is 8.08. The summed E-state index contributed by atoms with van der Waals surface area (Å²) in [6.07, 6.45) is 0.990. The maximum absolute atomic E-state index is 14.1. The number of amides is 2. The minimum Gasteiger partial charge on any atom is -0.354 e. The van der Waals surface area contributed by atoms with Crippen LogP contribution in [0, 0.1) is 6.92 Å². The maximum atomic E-state index is 14.1. The predicted octanol–water partition coefficient (Wildman–Crippen LogP) is 7.14. The van der Waals surface area contributed by atoms with Crippen LogP contribution in [0.3, 0.4) is 0 Å². The van der Waals surface area contributed by atoms with Crippen LogP contribution in [0.5, 0.6) is 0 Å². The Kier molecular flexibility index (Phi) is 11.8. The standard InChI is InChI=1S/C29H31Cl4N3O4S/c1-4-15-34-29(38)25(5-2)35(17-20-11-14-22(30)24(32)16-20)27(37)18-36(26-8-6-7-23(31)28(26)33)41(39,40)21-12-9-19(3)10-13-21/h6-14,16,25H,4-5,15,17-18H2,1-3H3,(H,34,38)/t25-/m1/s1. The molecule has 0 bridgehead atoms. The highest BCUT2D eigenvalue weighted by atomic mass is 35.5. The summed E-state index contributed by atoms with van der Waals surface area (Å²) >= 11 is 25.0. The summed E-state index contributed by atoms with van der Waals surface area (Å²) in [6, 6.07) is 14.8. The van der Waals surface area contributed by atoms with Crippen LogP contribution >= 0.6 is 46.4 Å². The van der Waals surface area contributed by atoms with Gasteiger partial charge < -0.3 is 10.2 Å². The fourth-order valence-corrected chi connectivity index (χ4v) is 6.35. The van der Waals surface area contributed by atoms with Crippen LogP contribution in [0.25, 0.3) is 0 Å². The molecule has 0 aromatic heterocycles. The summed E-state index contributed by atoms with van der Waals surface area (Å²) < 4.78 is 28.8. The highest BCUT2D eigenvalue weighted by molar-refractivity contribution is 7.92. The van der Waals surface area contributed by atoms with Crippen molar-refractivity contribution in [2.75, 3.05) is 17.4 Å². The Balaban J connectivity index is 2.11. The lowest BCUT2D eigenvalue weighted by Crippen LogP contribution is -2.52. The van der Waals surface area contributed by atoms with E-state index in [2.05, 4.69) is 5.32 Å². The summed E-state index contributed by atoms with van der Waals surface area (Å²) in [7, 11) is -4.29. The zero-order valence-electron chi connectivity index (χ0n) is 22.8. The first-order valence-corrected chi connectivity index (χ1v) is 15.9. The van der Waals surface area contributed by atoms with Crippen molar-refractivity contribution in [2.24, 2.45) is 0 Å². The second kappa shape index (κ2) is 14.6. The SMILES string of the molecule is CCCNC(=O)[C@@H](CC)N(Cc1ccc(Cl)c(Cl)c1)C(=O)CN(c1cccc(Cl)c1Cl)S(=O)(=O)c1ccc(C)cc1. The second-order valence-corrected chi connectivity index (χ2v) is 12.8. The lowest BCUT2D eigenvalue weighted by molar-refractivity contribution is -0.140. The van der Waals surface area contributed by atoms with Gasteiger partial charge in [-0.05, 0) is 61.7 Å². The summed E-state index contributed by atoms with van der Waals surface area (Å²) in [4.78, 5) is 28.6. The number of rotatable bonds is 12. The molecule has 3 rings (SSSR count). The minimum absolute atomic E-state index is 0.0184. The van der Waals surface area contributed by atoms with Crippen LogP contribution in [-0.4, -0.2) is 44.3 Å². The third-order valence-corrected chi connectivity index (χ3v) is 9.68.